The third-order valence-corrected chi connectivity index (χ3v) is 5.78. The molecule has 1 N–H and O–H groups in total. The fraction of sp³-hybridized carbons (Fsp3) is 0.136. The lowest BCUT2D eigenvalue weighted by Gasteiger charge is -2.13. The molecule has 4 aromatic rings. The summed E-state index contributed by atoms with van der Waals surface area (Å²) in [6.07, 6.45) is 0.327. The Bertz CT molecular complexity index is 1230. The Balaban J connectivity index is 1.91. The van der Waals surface area contributed by atoms with Crippen molar-refractivity contribution >= 4 is 39.1 Å². The molecule has 0 spiro atoms. The predicted molar refractivity (Wildman–Crippen MR) is 117 cm³/mol. The number of thiophene rings is 1. The summed E-state index contributed by atoms with van der Waals surface area (Å²) >= 11 is 7.43. The highest BCUT2D eigenvalue weighted by Crippen LogP contribution is 2.32. The number of halogens is 1. The zero-order chi connectivity index (χ0) is 20.4. The first-order valence-electron chi connectivity index (χ1n) is 9.10. The van der Waals surface area contributed by atoms with Crippen LogP contribution in [0.25, 0.3) is 32.7 Å². The Hall–Kier alpha value is -2.96. The predicted octanol–water partition coefficient (Wildman–Crippen LogP) is 5.31. The molecule has 0 aliphatic carbocycles. The zero-order valence-electron chi connectivity index (χ0n) is 15.3. The van der Waals surface area contributed by atoms with Crippen molar-refractivity contribution in [2.24, 2.45) is 0 Å². The number of hydrogen-bond acceptors (Lipinski definition) is 4. The molecule has 0 fully saturated rings. The van der Waals surface area contributed by atoms with E-state index < -0.39 is 5.97 Å². The summed E-state index contributed by atoms with van der Waals surface area (Å²) in [5.41, 5.74) is 2.40. The van der Waals surface area contributed by atoms with E-state index in [1.807, 2.05) is 47.8 Å². The van der Waals surface area contributed by atoms with E-state index in [-0.39, 0.29) is 18.5 Å². The second-order valence-electron chi connectivity index (χ2n) is 6.59. The Kier molecular flexibility index (Phi) is 5.47. The summed E-state index contributed by atoms with van der Waals surface area (Å²) in [4.78, 5) is 29.9. The summed E-state index contributed by atoms with van der Waals surface area (Å²) in [6.45, 7) is 0.274. The van der Waals surface area contributed by atoms with E-state index in [0.29, 0.717) is 27.5 Å². The van der Waals surface area contributed by atoms with Gasteiger partial charge in [-0.3, -0.25) is 14.2 Å². The van der Waals surface area contributed by atoms with Crippen LogP contribution < -0.4 is 5.56 Å². The van der Waals surface area contributed by atoms with Crippen LogP contribution in [-0.4, -0.2) is 20.6 Å². The number of rotatable bonds is 6. The van der Waals surface area contributed by atoms with Gasteiger partial charge in [0.15, 0.2) is 0 Å². The van der Waals surface area contributed by atoms with E-state index in [9.17, 15) is 9.59 Å². The molecule has 2 heterocycles. The Morgan fingerprint density at radius 3 is 2.48 bits per heavy atom. The SMILES string of the molecule is O=C(O)CCCn1c(-c2ccc(Cl)cc2)nc2scc(-c3ccccc3)c2c1=O. The molecule has 0 amide bonds. The van der Waals surface area contributed by atoms with Crippen LogP contribution in [0.1, 0.15) is 12.8 Å². The summed E-state index contributed by atoms with van der Waals surface area (Å²) in [5, 5.41) is 12.1. The van der Waals surface area contributed by atoms with Gasteiger partial charge in [0.25, 0.3) is 5.56 Å². The molecule has 0 aliphatic heterocycles. The van der Waals surface area contributed by atoms with E-state index in [1.54, 1.807) is 16.7 Å². The van der Waals surface area contributed by atoms with Crippen LogP contribution in [0.4, 0.5) is 0 Å². The molecule has 0 aliphatic rings. The summed E-state index contributed by atoms with van der Waals surface area (Å²) in [7, 11) is 0. The minimum absolute atomic E-state index is 0.0142. The van der Waals surface area contributed by atoms with Crippen molar-refractivity contribution in [1.29, 1.82) is 0 Å². The summed E-state index contributed by atoms with van der Waals surface area (Å²) in [5.74, 6) is -0.369. The number of carboxylic acids is 1. The number of aliphatic carboxylic acids is 1. The lowest BCUT2D eigenvalue weighted by atomic mass is 10.1. The molecule has 4 rings (SSSR count). The lowest BCUT2D eigenvalue weighted by Crippen LogP contribution is -2.23. The van der Waals surface area contributed by atoms with Crippen molar-refractivity contribution in [1.82, 2.24) is 9.55 Å². The molecular formula is C22H17ClN2O3S. The molecule has 0 bridgehead atoms. The number of fused-ring (bicyclic) bond motifs is 1. The average molecular weight is 425 g/mol. The lowest BCUT2D eigenvalue weighted by molar-refractivity contribution is -0.137. The minimum Gasteiger partial charge on any atom is -0.481 e. The molecule has 2 aromatic heterocycles. The first kappa shape index (κ1) is 19.4. The number of carbonyl (C=O) groups is 1. The first-order chi connectivity index (χ1) is 14.0. The van der Waals surface area contributed by atoms with Gasteiger partial charge in [0.2, 0.25) is 0 Å². The molecular weight excluding hydrogens is 408 g/mol. The molecule has 0 saturated heterocycles. The monoisotopic (exact) mass is 424 g/mol. The van der Waals surface area contributed by atoms with E-state index in [1.165, 1.54) is 11.3 Å². The molecule has 29 heavy (non-hydrogen) atoms. The highest BCUT2D eigenvalue weighted by molar-refractivity contribution is 7.17. The maximum Gasteiger partial charge on any atom is 0.303 e. The summed E-state index contributed by atoms with van der Waals surface area (Å²) < 4.78 is 1.58. The number of aromatic nitrogens is 2. The van der Waals surface area contributed by atoms with Gasteiger partial charge < -0.3 is 5.11 Å². The molecule has 0 radical (unpaired) electrons. The van der Waals surface area contributed by atoms with Crippen molar-refractivity contribution in [2.75, 3.05) is 0 Å². The molecule has 0 atom stereocenters. The van der Waals surface area contributed by atoms with Crippen LogP contribution in [0.3, 0.4) is 0 Å². The van der Waals surface area contributed by atoms with Crippen LogP contribution in [0.15, 0.2) is 64.8 Å². The first-order valence-corrected chi connectivity index (χ1v) is 10.4. The largest absolute Gasteiger partial charge is 0.481 e. The van der Waals surface area contributed by atoms with E-state index in [4.69, 9.17) is 21.7 Å². The topological polar surface area (TPSA) is 72.2 Å². The second kappa shape index (κ2) is 8.19. The molecule has 5 nitrogen and oxygen atoms in total. The van der Waals surface area contributed by atoms with Gasteiger partial charge in [-0.2, -0.15) is 0 Å². The standard InChI is InChI=1S/C22H17ClN2O3S/c23-16-10-8-15(9-11-16)20-24-21-19(22(28)25(20)12-4-7-18(26)27)17(13-29-21)14-5-2-1-3-6-14/h1-3,5-6,8-11,13H,4,7,12H2,(H,26,27). The van der Waals surface area contributed by atoms with Gasteiger partial charge >= 0.3 is 5.97 Å². The highest BCUT2D eigenvalue weighted by atomic mass is 35.5. The van der Waals surface area contributed by atoms with Crippen LogP contribution in [0, 0.1) is 0 Å². The van der Waals surface area contributed by atoms with Gasteiger partial charge in [-0.15, -0.1) is 11.3 Å². The van der Waals surface area contributed by atoms with Gasteiger partial charge in [-0.1, -0.05) is 41.9 Å². The van der Waals surface area contributed by atoms with Gasteiger partial charge in [-0.05, 0) is 36.2 Å². The maximum absolute atomic E-state index is 13.5. The van der Waals surface area contributed by atoms with Crippen LogP contribution in [-0.2, 0) is 11.3 Å². The molecule has 7 heteroatoms. The van der Waals surface area contributed by atoms with E-state index >= 15 is 0 Å². The second-order valence-corrected chi connectivity index (χ2v) is 7.89. The third kappa shape index (κ3) is 3.95. The molecule has 0 saturated carbocycles. The Morgan fingerprint density at radius 1 is 1.07 bits per heavy atom. The number of benzene rings is 2. The van der Waals surface area contributed by atoms with E-state index in [2.05, 4.69) is 0 Å². The molecule has 146 valence electrons. The zero-order valence-corrected chi connectivity index (χ0v) is 16.9. The van der Waals surface area contributed by atoms with Crippen LogP contribution in [0.2, 0.25) is 5.02 Å². The smallest absolute Gasteiger partial charge is 0.303 e. The minimum atomic E-state index is -0.888. The normalized spacial score (nSPS) is 11.1. The maximum atomic E-state index is 13.5. The number of nitrogens with zero attached hydrogens (tertiary/aromatic N) is 2. The number of carboxylic acid groups (broad SMARTS) is 1. The van der Waals surface area contributed by atoms with Crippen LogP contribution >= 0.6 is 22.9 Å². The van der Waals surface area contributed by atoms with Gasteiger partial charge in [0.05, 0.1) is 5.39 Å². The fourth-order valence-corrected chi connectivity index (χ4v) is 4.33. The van der Waals surface area contributed by atoms with Crippen molar-refractivity contribution < 1.29 is 9.90 Å². The molecule has 2 aromatic carbocycles. The third-order valence-electron chi connectivity index (χ3n) is 4.65. The molecule has 0 unspecified atom stereocenters. The van der Waals surface area contributed by atoms with Crippen molar-refractivity contribution in [3.63, 3.8) is 0 Å². The Morgan fingerprint density at radius 2 is 1.79 bits per heavy atom. The van der Waals surface area contributed by atoms with Crippen LogP contribution in [0.5, 0.6) is 0 Å². The summed E-state index contributed by atoms with van der Waals surface area (Å²) in [6, 6.07) is 16.8. The van der Waals surface area contributed by atoms with Crippen molar-refractivity contribution in [3.8, 4) is 22.5 Å². The van der Waals surface area contributed by atoms with Crippen molar-refractivity contribution in [3.05, 3.63) is 75.4 Å². The quantitative estimate of drug-likeness (QED) is 0.455. The van der Waals surface area contributed by atoms with Gasteiger partial charge in [0.1, 0.15) is 10.7 Å². The fourth-order valence-electron chi connectivity index (χ4n) is 3.27. The van der Waals surface area contributed by atoms with E-state index in [0.717, 1.165) is 16.7 Å². The van der Waals surface area contributed by atoms with Gasteiger partial charge in [0, 0.05) is 34.5 Å². The Labute approximate surface area is 175 Å². The number of hydrogen-bond donors (Lipinski definition) is 1. The van der Waals surface area contributed by atoms with Crippen molar-refractivity contribution in [2.45, 2.75) is 19.4 Å². The average Bonchev–Trinajstić information content (AvgIpc) is 3.15. The van der Waals surface area contributed by atoms with Gasteiger partial charge in [-0.25, -0.2) is 4.98 Å². The highest BCUT2D eigenvalue weighted by Gasteiger charge is 2.18.